The number of benzene rings is 2. The van der Waals surface area contributed by atoms with E-state index in [0.717, 1.165) is 38.3 Å². The third kappa shape index (κ3) is 6.44. The van der Waals surface area contributed by atoms with E-state index in [-0.39, 0.29) is 5.91 Å². The molecule has 0 spiro atoms. The molecule has 0 unspecified atom stereocenters. The highest BCUT2D eigenvalue weighted by atomic mass is 32.1. The molecule has 0 saturated carbocycles. The van der Waals surface area contributed by atoms with Crippen molar-refractivity contribution in [2.75, 3.05) is 32.7 Å². The fourth-order valence-electron chi connectivity index (χ4n) is 3.00. The maximum Gasteiger partial charge on any atom is 0.250 e. The summed E-state index contributed by atoms with van der Waals surface area (Å²) in [5, 5.41) is 3.30. The molecule has 1 N–H and O–H groups in total. The zero-order valence-corrected chi connectivity index (χ0v) is 16.6. The number of thiocarbonyl (C=S) groups is 1. The fraction of sp³-hybridized carbons (Fsp3) is 0.217. The van der Waals surface area contributed by atoms with Crippen molar-refractivity contribution in [3.63, 3.8) is 0 Å². The molecule has 0 aromatic heterocycles. The van der Waals surface area contributed by atoms with Crippen LogP contribution in [0.3, 0.4) is 0 Å². The van der Waals surface area contributed by atoms with Gasteiger partial charge in [-0.1, -0.05) is 72.8 Å². The third-order valence-corrected chi connectivity index (χ3v) is 4.95. The number of nitrogens with one attached hydrogen (secondary N) is 1. The van der Waals surface area contributed by atoms with E-state index in [1.54, 1.807) is 6.08 Å². The van der Waals surface area contributed by atoms with Crippen LogP contribution in [-0.2, 0) is 4.79 Å². The second kappa shape index (κ2) is 10.5. The Hall–Kier alpha value is -2.76. The highest BCUT2D eigenvalue weighted by Gasteiger charge is 2.18. The van der Waals surface area contributed by atoms with Crippen LogP contribution in [0.25, 0.3) is 12.2 Å². The second-order valence-electron chi connectivity index (χ2n) is 6.64. The lowest BCUT2D eigenvalue weighted by Crippen LogP contribution is -2.52. The van der Waals surface area contributed by atoms with Crippen molar-refractivity contribution in [2.24, 2.45) is 0 Å². The average Bonchev–Trinajstić information content (AvgIpc) is 2.74. The number of hydrogen-bond acceptors (Lipinski definition) is 3. The largest absolute Gasteiger partial charge is 0.346 e. The third-order valence-electron chi connectivity index (χ3n) is 4.59. The molecule has 1 aliphatic heterocycles. The van der Waals surface area contributed by atoms with Crippen LogP contribution in [0, 0.1) is 0 Å². The lowest BCUT2D eigenvalue weighted by Gasteiger charge is -2.35. The zero-order valence-electron chi connectivity index (χ0n) is 15.8. The van der Waals surface area contributed by atoms with E-state index in [1.165, 1.54) is 11.6 Å². The van der Waals surface area contributed by atoms with Crippen molar-refractivity contribution in [3.05, 3.63) is 83.9 Å². The van der Waals surface area contributed by atoms with E-state index in [4.69, 9.17) is 12.2 Å². The molecule has 2 aromatic carbocycles. The van der Waals surface area contributed by atoms with E-state index in [9.17, 15) is 4.79 Å². The van der Waals surface area contributed by atoms with Crippen LogP contribution in [0.5, 0.6) is 0 Å². The molecule has 0 bridgehead atoms. The van der Waals surface area contributed by atoms with Crippen LogP contribution in [-0.4, -0.2) is 53.5 Å². The summed E-state index contributed by atoms with van der Waals surface area (Å²) in [5.74, 6) is -0.193. The number of carbonyl (C=O) groups is 1. The Labute approximate surface area is 172 Å². The molecule has 3 rings (SSSR count). The molecule has 0 atom stereocenters. The first kappa shape index (κ1) is 20.0. The molecule has 1 heterocycles. The van der Waals surface area contributed by atoms with Gasteiger partial charge in [-0.2, -0.15) is 0 Å². The summed E-state index contributed by atoms with van der Waals surface area (Å²) in [4.78, 5) is 16.5. The van der Waals surface area contributed by atoms with E-state index < -0.39 is 0 Å². The molecule has 144 valence electrons. The van der Waals surface area contributed by atoms with Crippen LogP contribution in [0.1, 0.15) is 11.1 Å². The molecule has 0 radical (unpaired) electrons. The van der Waals surface area contributed by atoms with E-state index >= 15 is 0 Å². The van der Waals surface area contributed by atoms with Gasteiger partial charge in [-0.25, -0.2) is 0 Å². The number of piperazine rings is 1. The maximum absolute atomic E-state index is 12.1. The summed E-state index contributed by atoms with van der Waals surface area (Å²) in [6, 6.07) is 20.0. The summed E-state index contributed by atoms with van der Waals surface area (Å²) in [6.45, 7) is 4.41. The van der Waals surface area contributed by atoms with Gasteiger partial charge in [0.2, 0.25) is 5.91 Å². The van der Waals surface area contributed by atoms with Crippen LogP contribution in [0.4, 0.5) is 0 Å². The lowest BCUT2D eigenvalue weighted by atomic mass is 10.2. The predicted molar refractivity (Wildman–Crippen MR) is 120 cm³/mol. The maximum atomic E-state index is 12.1. The van der Waals surface area contributed by atoms with Gasteiger partial charge in [-0.3, -0.25) is 15.0 Å². The van der Waals surface area contributed by atoms with Crippen molar-refractivity contribution in [1.29, 1.82) is 0 Å². The standard InChI is InChI=1S/C23H25N3OS/c27-22(14-13-21-10-5-2-6-11-21)24-23(28)26-18-16-25(17-19-26)15-7-12-20-8-3-1-4-9-20/h1-14H,15-19H2,(H,24,27,28)/b12-7-,14-13+. The first-order valence-electron chi connectivity index (χ1n) is 9.48. The van der Waals surface area contributed by atoms with Crippen LogP contribution < -0.4 is 5.32 Å². The lowest BCUT2D eigenvalue weighted by molar-refractivity contribution is -0.115. The van der Waals surface area contributed by atoms with Gasteiger partial charge < -0.3 is 4.90 Å². The number of carbonyl (C=O) groups excluding carboxylic acids is 1. The molecule has 1 saturated heterocycles. The highest BCUT2D eigenvalue weighted by Crippen LogP contribution is 2.05. The summed E-state index contributed by atoms with van der Waals surface area (Å²) >= 11 is 5.40. The fourth-order valence-corrected chi connectivity index (χ4v) is 3.28. The molecular formula is C23H25N3OS. The Morgan fingerprint density at radius 2 is 1.46 bits per heavy atom. The Balaban J connectivity index is 1.39. The van der Waals surface area contributed by atoms with Gasteiger partial charge in [-0.15, -0.1) is 0 Å². The summed E-state index contributed by atoms with van der Waals surface area (Å²) in [5.41, 5.74) is 2.20. The first-order valence-corrected chi connectivity index (χ1v) is 9.88. The Morgan fingerprint density at radius 1 is 0.893 bits per heavy atom. The topological polar surface area (TPSA) is 35.6 Å². The Morgan fingerprint density at radius 3 is 2.07 bits per heavy atom. The molecule has 4 nitrogen and oxygen atoms in total. The highest BCUT2D eigenvalue weighted by molar-refractivity contribution is 7.80. The summed E-state index contributed by atoms with van der Waals surface area (Å²) < 4.78 is 0. The second-order valence-corrected chi connectivity index (χ2v) is 7.03. The SMILES string of the molecule is O=C(/C=C/c1ccccc1)NC(=S)N1CCN(C/C=C\c2ccccc2)CC1. The molecule has 1 aliphatic rings. The normalized spacial score (nSPS) is 15.2. The van der Waals surface area contributed by atoms with Crippen LogP contribution in [0.15, 0.2) is 72.8 Å². The van der Waals surface area contributed by atoms with Gasteiger partial charge in [0.05, 0.1) is 0 Å². The monoisotopic (exact) mass is 391 g/mol. The van der Waals surface area contributed by atoms with E-state index in [0.29, 0.717) is 5.11 Å². The molecular weight excluding hydrogens is 366 g/mol. The minimum Gasteiger partial charge on any atom is -0.346 e. The summed E-state index contributed by atoms with van der Waals surface area (Å²) in [6.07, 6.45) is 7.65. The Kier molecular flexibility index (Phi) is 7.53. The van der Waals surface area contributed by atoms with Crippen LogP contribution >= 0.6 is 12.2 Å². The van der Waals surface area contributed by atoms with Crippen molar-refractivity contribution in [1.82, 2.24) is 15.1 Å². The van der Waals surface area contributed by atoms with Gasteiger partial charge in [0.25, 0.3) is 0 Å². The van der Waals surface area contributed by atoms with Crippen molar-refractivity contribution in [2.45, 2.75) is 0 Å². The number of hydrogen-bond donors (Lipinski definition) is 1. The van der Waals surface area contributed by atoms with Crippen molar-refractivity contribution >= 4 is 35.4 Å². The zero-order chi connectivity index (χ0) is 19.6. The molecule has 28 heavy (non-hydrogen) atoms. The molecule has 1 fully saturated rings. The molecule has 2 aromatic rings. The minimum atomic E-state index is -0.193. The van der Waals surface area contributed by atoms with E-state index in [2.05, 4.69) is 39.4 Å². The number of nitrogens with zero attached hydrogens (tertiary/aromatic N) is 2. The van der Waals surface area contributed by atoms with Gasteiger partial charge in [0.15, 0.2) is 5.11 Å². The predicted octanol–water partition coefficient (Wildman–Crippen LogP) is 3.43. The van der Waals surface area contributed by atoms with Crippen LogP contribution in [0.2, 0.25) is 0 Å². The smallest absolute Gasteiger partial charge is 0.250 e. The molecule has 1 amide bonds. The van der Waals surface area contributed by atoms with Crippen molar-refractivity contribution in [3.8, 4) is 0 Å². The first-order chi connectivity index (χ1) is 13.7. The summed E-state index contributed by atoms with van der Waals surface area (Å²) in [7, 11) is 0. The van der Waals surface area contributed by atoms with Crippen molar-refractivity contribution < 1.29 is 4.79 Å². The average molecular weight is 392 g/mol. The van der Waals surface area contributed by atoms with Gasteiger partial charge >= 0.3 is 0 Å². The Bertz CT molecular complexity index is 825. The van der Waals surface area contributed by atoms with Gasteiger partial charge in [0.1, 0.15) is 0 Å². The van der Waals surface area contributed by atoms with Gasteiger partial charge in [-0.05, 0) is 29.4 Å². The number of amides is 1. The molecule has 5 heteroatoms. The molecule has 0 aliphatic carbocycles. The van der Waals surface area contributed by atoms with E-state index in [1.807, 2.05) is 48.5 Å². The quantitative estimate of drug-likeness (QED) is 0.626. The number of rotatable bonds is 5. The van der Waals surface area contributed by atoms with Gasteiger partial charge in [0, 0.05) is 38.8 Å². The minimum absolute atomic E-state index is 0.193.